The van der Waals surface area contributed by atoms with Crippen LogP contribution in [0.5, 0.6) is 0 Å². The summed E-state index contributed by atoms with van der Waals surface area (Å²) in [6.45, 7) is 24.0. The third kappa shape index (κ3) is 27.5. The zero-order valence-corrected chi connectivity index (χ0v) is 40.2. The first-order valence-electron chi connectivity index (χ1n) is 15.4. The molecule has 4 nitrogen and oxygen atoms in total. The van der Waals surface area contributed by atoms with Crippen LogP contribution < -0.4 is 0 Å². The molecule has 0 bridgehead atoms. The van der Waals surface area contributed by atoms with E-state index in [9.17, 15) is 0 Å². The van der Waals surface area contributed by atoms with Crippen LogP contribution in [0.4, 0.5) is 0 Å². The van der Waals surface area contributed by atoms with Crippen molar-refractivity contribution < 1.29 is 36.6 Å². The first-order valence-corrected chi connectivity index (χ1v) is 20.2. The molecular weight excluding hydrogens is 873 g/mol. The molecule has 0 radical (unpaired) electrons. The van der Waals surface area contributed by atoms with Crippen molar-refractivity contribution >= 4 is 168 Å². The molecule has 266 valence electrons. The number of rotatable bonds is 16. The maximum atomic E-state index is 5.32. The fourth-order valence-corrected chi connectivity index (χ4v) is 6.99. The number of nitrogens with zero attached hydrogens (tertiary/aromatic N) is 4. The minimum atomic E-state index is 0. The van der Waals surface area contributed by atoms with Crippen molar-refractivity contribution in [3.63, 3.8) is 0 Å². The van der Waals surface area contributed by atoms with Gasteiger partial charge in [0.2, 0.25) is 0 Å². The van der Waals surface area contributed by atoms with E-state index >= 15 is 0 Å². The van der Waals surface area contributed by atoms with E-state index in [1.165, 1.54) is 0 Å². The monoisotopic (exact) mass is 930 g/mol. The van der Waals surface area contributed by atoms with Gasteiger partial charge in [0.05, 0.1) is 52.4 Å². The predicted molar refractivity (Wildman–Crippen MR) is 232 cm³/mol. The molecule has 0 N–H and O–H groups in total. The minimum Gasteiger partial charge on any atom is -0.489 e. The van der Waals surface area contributed by atoms with Crippen molar-refractivity contribution in [3.8, 4) is 0 Å². The maximum absolute atomic E-state index is 5.32. The topological polar surface area (TPSA) is 0 Å². The van der Waals surface area contributed by atoms with Gasteiger partial charge in [-0.1, -0.05) is 55.4 Å². The fraction of sp³-hybridized carbons (Fsp3) is 0.857. The van der Waals surface area contributed by atoms with Crippen LogP contribution in [-0.2, 0) is 123 Å². The number of thiocarbonyl (C=S) groups is 4. The summed E-state index contributed by atoms with van der Waals surface area (Å²) in [5.74, 6) is 0. The Balaban J connectivity index is -0.000000157. The van der Waals surface area contributed by atoms with Gasteiger partial charge in [-0.05, 0) is 51.4 Å². The molecular formula is C28H56MoN4S12. The fourth-order valence-electron chi connectivity index (χ4n) is 4.07. The second-order valence-electron chi connectivity index (χ2n) is 10.4. The molecule has 0 aliphatic heterocycles. The maximum Gasteiger partial charge on any atom is 4.00 e. The molecule has 0 aromatic heterocycles. The van der Waals surface area contributed by atoms with Gasteiger partial charge in [-0.2, -0.15) is 0 Å². The molecule has 0 aliphatic carbocycles. The molecule has 0 saturated heterocycles. The molecule has 0 rings (SSSR count). The Bertz CT molecular complexity index is 654. The largest absolute Gasteiger partial charge is 4.00 e. The molecule has 0 spiro atoms. The SMILES string of the molecule is CCC[N+]([S-])(CCC)C(=S)[S-].CCC[N+]([S-])(CCC)C(=S)[S-].CCC[N+]([S-])(CCC)C(=S)[S-].CCC[N+]([S-])(CCC)C(=S)[S-].[Mo+4]. The van der Waals surface area contributed by atoms with Crippen LogP contribution in [0.2, 0.25) is 0 Å². The Kier molecular flexibility index (Phi) is 42.2. The second kappa shape index (κ2) is 33.0. The smallest absolute Gasteiger partial charge is 0.489 e. The molecule has 0 aromatic rings. The van der Waals surface area contributed by atoms with E-state index in [-0.39, 0.29) is 21.1 Å². The molecule has 17 heteroatoms. The van der Waals surface area contributed by atoms with Crippen LogP contribution in [0.3, 0.4) is 0 Å². The Morgan fingerprint density at radius 2 is 0.422 bits per heavy atom. The van der Waals surface area contributed by atoms with Crippen LogP contribution in [0.1, 0.15) is 107 Å². The van der Waals surface area contributed by atoms with Gasteiger partial charge in [0, 0.05) is 17.3 Å². The molecule has 0 heterocycles. The molecule has 0 saturated carbocycles. The van der Waals surface area contributed by atoms with Gasteiger partial charge in [-0.3, -0.25) is 0 Å². The van der Waals surface area contributed by atoms with Crippen LogP contribution in [-0.4, -0.2) is 85.2 Å². The first-order chi connectivity index (χ1) is 20.3. The summed E-state index contributed by atoms with van der Waals surface area (Å²) in [5.41, 5.74) is 0. The summed E-state index contributed by atoms with van der Waals surface area (Å²) in [6, 6.07) is 0. The summed E-state index contributed by atoms with van der Waals surface area (Å²) in [5, 5.41) is 0. The van der Waals surface area contributed by atoms with Crippen LogP contribution in [0.15, 0.2) is 0 Å². The van der Waals surface area contributed by atoms with Crippen molar-refractivity contribution in [2.75, 3.05) is 52.4 Å². The Hall–Kier alpha value is 3.17. The van der Waals surface area contributed by atoms with Crippen molar-refractivity contribution in [3.05, 3.63) is 0 Å². The van der Waals surface area contributed by atoms with Crippen molar-refractivity contribution in [1.29, 1.82) is 0 Å². The van der Waals surface area contributed by atoms with E-state index in [4.69, 9.17) is 151 Å². The van der Waals surface area contributed by atoms with Gasteiger partial charge in [-0.15, -0.1) is 0 Å². The standard InChI is InChI=1S/4C7H15NS3.Mo/c4*1-3-5-8(11,6-4-2)7(9)10;/h4*3-6H2,1-2H3,(H,9,10);/q;;;;+4/p-4. The van der Waals surface area contributed by atoms with E-state index in [2.05, 4.69) is 55.4 Å². The van der Waals surface area contributed by atoms with Crippen LogP contribution >= 0.6 is 48.9 Å². The minimum absolute atomic E-state index is 0. The van der Waals surface area contributed by atoms with Crippen LogP contribution in [0, 0.1) is 0 Å². The normalized spacial score (nSPS) is 11.3. The number of hydrogen-bond acceptors (Lipinski definition) is 12. The van der Waals surface area contributed by atoms with Gasteiger partial charge in [0.25, 0.3) is 0 Å². The summed E-state index contributed by atoms with van der Waals surface area (Å²) in [6.07, 6.45) is 8.34. The molecule has 45 heavy (non-hydrogen) atoms. The zero-order chi connectivity index (χ0) is 35.6. The van der Waals surface area contributed by atoms with Crippen LogP contribution in [0.25, 0.3) is 0 Å². The third-order valence-electron chi connectivity index (χ3n) is 6.01. The average Bonchev–Trinajstić information content (AvgIpc) is 2.90. The van der Waals surface area contributed by atoms with Gasteiger partial charge in [-0.25, -0.2) is 0 Å². The van der Waals surface area contributed by atoms with E-state index in [0.717, 1.165) is 104 Å². The third-order valence-corrected chi connectivity index (χ3v) is 11.9. The average molecular weight is 930 g/mol. The van der Waals surface area contributed by atoms with Gasteiger partial charge >= 0.3 is 21.1 Å². The van der Waals surface area contributed by atoms with Crippen molar-refractivity contribution in [2.45, 2.75) is 107 Å². The zero-order valence-electron chi connectivity index (χ0n) is 28.4. The van der Waals surface area contributed by atoms with E-state index < -0.39 is 0 Å². The summed E-state index contributed by atoms with van der Waals surface area (Å²) < 4.78 is 3.56. The van der Waals surface area contributed by atoms with E-state index in [1.807, 2.05) is 0 Å². The first kappa shape index (κ1) is 57.5. The van der Waals surface area contributed by atoms with Crippen molar-refractivity contribution in [2.24, 2.45) is 0 Å². The van der Waals surface area contributed by atoms with Gasteiger partial charge in [0.15, 0.2) is 0 Å². The molecule has 0 aliphatic rings. The Morgan fingerprint density at radius 1 is 0.333 bits per heavy atom. The number of hydrogen-bond donors (Lipinski definition) is 0. The molecule has 0 amide bonds. The summed E-state index contributed by atoms with van der Waals surface area (Å²) >= 11 is 60.8. The predicted octanol–water partition coefficient (Wildman–Crippen LogP) is 7.67. The van der Waals surface area contributed by atoms with Crippen molar-refractivity contribution in [1.82, 2.24) is 0 Å². The molecule has 0 atom stereocenters. The quantitative estimate of drug-likeness (QED) is 0.0647. The molecule has 0 fully saturated rings. The summed E-state index contributed by atoms with van der Waals surface area (Å²) in [7, 11) is 0. The number of quaternary nitrogens is 4. The Morgan fingerprint density at radius 3 is 0.467 bits per heavy atom. The van der Waals surface area contributed by atoms with Gasteiger partial charge in [0.1, 0.15) is 0 Å². The van der Waals surface area contributed by atoms with Gasteiger partial charge < -0.3 is 166 Å². The van der Waals surface area contributed by atoms with E-state index in [1.54, 1.807) is 0 Å². The second-order valence-corrected chi connectivity index (χ2v) is 17.3. The molecule has 0 aromatic carbocycles. The van der Waals surface area contributed by atoms with E-state index in [0.29, 0.717) is 32.8 Å². The molecule has 0 unspecified atom stereocenters. The summed E-state index contributed by atoms with van der Waals surface area (Å²) in [4.78, 5) is 0. The Labute approximate surface area is 359 Å².